The van der Waals surface area contributed by atoms with Crippen LogP contribution in [0.5, 0.6) is 0 Å². The summed E-state index contributed by atoms with van der Waals surface area (Å²) in [6, 6.07) is 7.89. The van der Waals surface area contributed by atoms with E-state index in [0.29, 0.717) is 0 Å². The molecule has 3 heterocycles. The van der Waals surface area contributed by atoms with Crippen molar-refractivity contribution in [3.63, 3.8) is 0 Å². The van der Waals surface area contributed by atoms with E-state index in [9.17, 15) is 4.79 Å². The number of hydrogen-bond donors (Lipinski definition) is 0. The molecule has 1 aliphatic carbocycles. The lowest BCUT2D eigenvalue weighted by atomic mass is 10.0. The normalized spacial score (nSPS) is 14.3. The number of aromatic nitrogens is 2. The lowest BCUT2D eigenvalue weighted by Crippen LogP contribution is -2.17. The molecule has 3 nitrogen and oxygen atoms in total. The van der Waals surface area contributed by atoms with E-state index < -0.39 is 0 Å². The summed E-state index contributed by atoms with van der Waals surface area (Å²) < 4.78 is 1.82. The highest BCUT2D eigenvalue weighted by atomic mass is 32.1. The molecule has 116 valence electrons. The van der Waals surface area contributed by atoms with E-state index >= 15 is 0 Å². The molecule has 3 aromatic rings. The molecule has 0 aliphatic heterocycles. The molecule has 0 aromatic carbocycles. The van der Waals surface area contributed by atoms with Gasteiger partial charge in [-0.15, -0.1) is 22.7 Å². The van der Waals surface area contributed by atoms with E-state index in [1.54, 1.807) is 11.3 Å². The van der Waals surface area contributed by atoms with Gasteiger partial charge in [0, 0.05) is 10.6 Å². The minimum absolute atomic E-state index is 0.0430. The summed E-state index contributed by atoms with van der Waals surface area (Å²) in [5, 5.41) is 3.99. The van der Waals surface area contributed by atoms with Crippen LogP contribution in [-0.2, 0) is 12.8 Å². The van der Waals surface area contributed by atoms with E-state index in [1.807, 2.05) is 45.7 Å². The highest BCUT2D eigenvalue weighted by Crippen LogP contribution is 2.25. The van der Waals surface area contributed by atoms with E-state index in [1.165, 1.54) is 16.2 Å². The van der Waals surface area contributed by atoms with Gasteiger partial charge in [0.05, 0.1) is 10.6 Å². The van der Waals surface area contributed by atoms with Crippen LogP contribution >= 0.6 is 22.7 Å². The zero-order chi connectivity index (χ0) is 15.6. The van der Waals surface area contributed by atoms with Gasteiger partial charge in [-0.2, -0.15) is 0 Å². The predicted molar refractivity (Wildman–Crippen MR) is 96.2 cm³/mol. The second-order valence-corrected chi connectivity index (χ2v) is 7.46. The first kappa shape index (κ1) is 14.6. The molecule has 0 saturated heterocycles. The topological polar surface area (TPSA) is 34.9 Å². The van der Waals surface area contributed by atoms with Crippen molar-refractivity contribution in [3.8, 4) is 0 Å². The average Bonchev–Trinajstić information content (AvgIpc) is 3.31. The zero-order valence-electron chi connectivity index (χ0n) is 12.6. The number of thiophene rings is 2. The largest absolute Gasteiger partial charge is 0.273 e. The Morgan fingerprint density at radius 3 is 2.70 bits per heavy atom. The third-order valence-corrected chi connectivity index (χ3v) is 5.73. The van der Waals surface area contributed by atoms with Crippen molar-refractivity contribution >= 4 is 40.7 Å². The molecule has 0 atom stereocenters. The molecule has 4 rings (SSSR count). The summed E-state index contributed by atoms with van der Waals surface area (Å²) in [6.45, 7) is 0. The molecule has 0 unspecified atom stereocenters. The molecule has 0 fully saturated rings. The average molecular weight is 340 g/mol. The highest BCUT2D eigenvalue weighted by Gasteiger charge is 2.24. The summed E-state index contributed by atoms with van der Waals surface area (Å²) in [4.78, 5) is 19.6. The fraction of sp³-hybridized carbons (Fsp3) is 0.222. The van der Waals surface area contributed by atoms with E-state index in [0.717, 1.165) is 47.8 Å². The molecule has 0 spiro atoms. The zero-order valence-corrected chi connectivity index (χ0v) is 14.2. The maximum Gasteiger partial charge on any atom is 0.273 e. The van der Waals surface area contributed by atoms with Gasteiger partial charge in [-0.3, -0.25) is 9.36 Å². The Hall–Kier alpha value is -1.98. The van der Waals surface area contributed by atoms with Gasteiger partial charge in [-0.25, -0.2) is 4.98 Å². The van der Waals surface area contributed by atoms with Crippen molar-refractivity contribution in [2.75, 3.05) is 0 Å². The van der Waals surface area contributed by atoms with Crippen LogP contribution in [0.4, 0.5) is 0 Å². The predicted octanol–water partition coefficient (Wildman–Crippen LogP) is 4.74. The van der Waals surface area contributed by atoms with Gasteiger partial charge in [0.15, 0.2) is 0 Å². The van der Waals surface area contributed by atoms with Crippen LogP contribution in [0.2, 0.25) is 0 Å². The van der Waals surface area contributed by atoms with Gasteiger partial charge in [-0.05, 0) is 60.7 Å². The highest BCUT2D eigenvalue weighted by molar-refractivity contribution is 7.12. The van der Waals surface area contributed by atoms with Gasteiger partial charge < -0.3 is 0 Å². The monoisotopic (exact) mass is 340 g/mol. The molecule has 0 saturated carbocycles. The number of rotatable bonds is 3. The third kappa shape index (κ3) is 2.82. The van der Waals surface area contributed by atoms with Crippen molar-refractivity contribution in [3.05, 3.63) is 62.0 Å². The molecule has 1 aliphatic rings. The Balaban J connectivity index is 1.78. The molecule has 0 amide bonds. The van der Waals surface area contributed by atoms with Crippen molar-refractivity contribution < 1.29 is 4.79 Å². The Bertz CT molecular complexity index is 842. The van der Waals surface area contributed by atoms with Crippen molar-refractivity contribution in [2.45, 2.75) is 25.7 Å². The maximum absolute atomic E-state index is 12.9. The Labute approximate surface area is 142 Å². The lowest BCUT2D eigenvalue weighted by molar-refractivity contribution is 0.0959. The van der Waals surface area contributed by atoms with Gasteiger partial charge >= 0.3 is 0 Å². The van der Waals surface area contributed by atoms with Crippen LogP contribution in [0.15, 0.2) is 35.0 Å². The SMILES string of the molecule is O=C(c1cccs1)n1c(C=Cc2cccs2)nc2c1CCCC2. The molecular formula is C18H16N2OS2. The van der Waals surface area contributed by atoms with E-state index in [-0.39, 0.29) is 5.91 Å². The first-order valence-electron chi connectivity index (χ1n) is 7.73. The van der Waals surface area contributed by atoms with E-state index in [4.69, 9.17) is 4.98 Å². The minimum Gasteiger partial charge on any atom is -0.267 e. The Morgan fingerprint density at radius 2 is 1.91 bits per heavy atom. The molecule has 5 heteroatoms. The van der Waals surface area contributed by atoms with Crippen LogP contribution in [-0.4, -0.2) is 15.5 Å². The summed E-state index contributed by atoms with van der Waals surface area (Å²) in [7, 11) is 0. The van der Waals surface area contributed by atoms with Crippen LogP contribution in [0.3, 0.4) is 0 Å². The van der Waals surface area contributed by atoms with Crippen LogP contribution in [0, 0.1) is 0 Å². The molecule has 0 radical (unpaired) electrons. The number of imidazole rings is 1. The van der Waals surface area contributed by atoms with Crippen LogP contribution < -0.4 is 0 Å². The van der Waals surface area contributed by atoms with Crippen LogP contribution in [0.1, 0.15) is 44.6 Å². The molecule has 0 bridgehead atoms. The third-order valence-electron chi connectivity index (χ3n) is 4.03. The number of carbonyl (C=O) groups is 1. The standard InChI is InChI=1S/C18H16N2OS2/c21-18(16-8-4-12-23-16)20-15-7-2-1-6-14(15)19-17(20)10-9-13-5-3-11-22-13/h3-5,8-12H,1-2,6-7H2. The molecule has 3 aromatic heterocycles. The smallest absolute Gasteiger partial charge is 0.267 e. The first-order chi connectivity index (χ1) is 11.3. The molecule has 0 N–H and O–H groups in total. The Kier molecular flexibility index (Phi) is 3.97. The minimum atomic E-state index is 0.0430. The first-order valence-corrected chi connectivity index (χ1v) is 9.49. The van der Waals surface area contributed by atoms with Gasteiger partial charge in [0.2, 0.25) is 0 Å². The van der Waals surface area contributed by atoms with Crippen molar-refractivity contribution in [1.82, 2.24) is 9.55 Å². The second-order valence-electron chi connectivity index (χ2n) is 5.54. The van der Waals surface area contributed by atoms with Gasteiger partial charge in [-0.1, -0.05) is 12.1 Å². The summed E-state index contributed by atoms with van der Waals surface area (Å²) in [6.07, 6.45) is 8.20. The van der Waals surface area contributed by atoms with Crippen molar-refractivity contribution in [1.29, 1.82) is 0 Å². The number of aryl methyl sites for hydroxylation is 1. The number of hydrogen-bond acceptors (Lipinski definition) is 4. The van der Waals surface area contributed by atoms with E-state index in [2.05, 4.69) is 6.07 Å². The van der Waals surface area contributed by atoms with Crippen molar-refractivity contribution in [2.24, 2.45) is 0 Å². The lowest BCUT2D eigenvalue weighted by Gasteiger charge is -2.13. The maximum atomic E-state index is 12.9. The summed E-state index contributed by atoms with van der Waals surface area (Å²) >= 11 is 3.17. The van der Waals surface area contributed by atoms with Crippen LogP contribution in [0.25, 0.3) is 12.2 Å². The van der Waals surface area contributed by atoms with Gasteiger partial charge in [0.25, 0.3) is 5.91 Å². The number of carbonyl (C=O) groups excluding carboxylic acids is 1. The second kappa shape index (κ2) is 6.26. The quantitative estimate of drug-likeness (QED) is 0.690. The summed E-state index contributed by atoms with van der Waals surface area (Å²) in [5.41, 5.74) is 2.19. The molecular weight excluding hydrogens is 324 g/mol. The van der Waals surface area contributed by atoms with Gasteiger partial charge in [0.1, 0.15) is 5.82 Å². The fourth-order valence-corrected chi connectivity index (χ4v) is 4.22. The molecule has 23 heavy (non-hydrogen) atoms. The summed E-state index contributed by atoms with van der Waals surface area (Å²) in [5.74, 6) is 0.796. The number of nitrogens with zero attached hydrogens (tertiary/aromatic N) is 2. The number of fused-ring (bicyclic) bond motifs is 1. The Morgan fingerprint density at radius 1 is 1.09 bits per heavy atom. The fourth-order valence-electron chi connectivity index (χ4n) is 2.95.